The Labute approximate surface area is 195 Å². The van der Waals surface area contributed by atoms with Crippen LogP contribution in [0.15, 0.2) is 37.0 Å². The van der Waals surface area contributed by atoms with Gasteiger partial charge >= 0.3 is 0 Å². The van der Waals surface area contributed by atoms with Crippen LogP contribution in [-0.2, 0) is 16.1 Å². The van der Waals surface area contributed by atoms with Gasteiger partial charge in [-0.25, -0.2) is 19.5 Å². The second kappa shape index (κ2) is 10.1. The maximum Gasteiger partial charge on any atom is 0.293 e. The first kappa shape index (κ1) is 23.0. The molecule has 0 saturated carbocycles. The molecule has 4 N–H and O–H groups in total. The van der Waals surface area contributed by atoms with Crippen molar-refractivity contribution in [3.8, 4) is 0 Å². The molecule has 1 unspecified atom stereocenters. The van der Waals surface area contributed by atoms with Gasteiger partial charge in [-0.05, 0) is 25.8 Å². The van der Waals surface area contributed by atoms with Gasteiger partial charge in [-0.2, -0.15) is 0 Å². The van der Waals surface area contributed by atoms with Crippen LogP contribution in [0.1, 0.15) is 27.2 Å². The van der Waals surface area contributed by atoms with Crippen molar-refractivity contribution in [3.05, 3.63) is 37.0 Å². The zero-order valence-corrected chi connectivity index (χ0v) is 19.3. The van der Waals surface area contributed by atoms with Gasteiger partial charge in [-0.1, -0.05) is 23.0 Å². The van der Waals surface area contributed by atoms with E-state index >= 15 is 0 Å². The molecule has 0 saturated heterocycles. The van der Waals surface area contributed by atoms with Crippen LogP contribution in [-0.4, -0.2) is 59.5 Å². The summed E-state index contributed by atoms with van der Waals surface area (Å²) in [7, 11) is 0. The van der Waals surface area contributed by atoms with Gasteiger partial charge in [0.25, 0.3) is 5.65 Å². The molecule has 4 heterocycles. The van der Waals surface area contributed by atoms with Crippen molar-refractivity contribution in [2.45, 2.75) is 33.7 Å². The average molecular weight is 464 g/mol. The number of ketones is 2. The summed E-state index contributed by atoms with van der Waals surface area (Å²) in [5.41, 5.74) is 3.35. The summed E-state index contributed by atoms with van der Waals surface area (Å²) in [5, 5.41) is 6.43. The number of Topliss-reactive ketones (excluding diaryl/α,β-unsaturated/α-hetero) is 2. The Bertz CT molecular complexity index is 1360. The third-order valence-electron chi connectivity index (χ3n) is 5.66. The van der Waals surface area contributed by atoms with E-state index in [2.05, 4.69) is 45.5 Å². The standard InChI is InChI=1S/C22H26N10O2/c1-13(15(3)33)4-6-24-21-18-22(30-10-26-18)32(12-31-21)8-16(34)14(2)5-7-23-19-17-20(27-9-25-17)29-11-28-19/h4,9-12,14H,5-8H2,1-3H3,(H3,23,24,25,26,27,28,29,30)/p+1. The van der Waals surface area contributed by atoms with Gasteiger partial charge < -0.3 is 20.6 Å². The molecule has 4 aromatic heterocycles. The van der Waals surface area contributed by atoms with E-state index in [9.17, 15) is 9.59 Å². The molecule has 176 valence electrons. The molecule has 0 aliphatic heterocycles. The first-order chi connectivity index (χ1) is 16.4. The van der Waals surface area contributed by atoms with Crippen LogP contribution in [0.4, 0.5) is 11.6 Å². The Hall–Kier alpha value is -4.22. The molecule has 0 spiro atoms. The van der Waals surface area contributed by atoms with Gasteiger partial charge in [0, 0.05) is 19.0 Å². The zero-order valence-electron chi connectivity index (χ0n) is 19.3. The molecule has 12 nitrogen and oxygen atoms in total. The molecule has 0 aromatic carbocycles. The van der Waals surface area contributed by atoms with Gasteiger partial charge in [0.05, 0.1) is 6.33 Å². The van der Waals surface area contributed by atoms with Crippen LogP contribution in [0.3, 0.4) is 0 Å². The summed E-state index contributed by atoms with van der Waals surface area (Å²) in [5.74, 6) is 1.20. The fraction of sp³-hybridized carbons (Fsp3) is 0.364. The SMILES string of the molecule is CC(=O)C(C)=CCNc1nc[n+](CC(=O)C(C)CCNc2ncnc3nc[nH]c23)c2nc[nH]c12. The van der Waals surface area contributed by atoms with E-state index < -0.39 is 0 Å². The summed E-state index contributed by atoms with van der Waals surface area (Å²) in [6, 6.07) is 0. The average Bonchev–Trinajstić information content (AvgIpc) is 3.50. The number of rotatable bonds is 11. The minimum atomic E-state index is -0.175. The van der Waals surface area contributed by atoms with Gasteiger partial charge in [-0.15, -0.1) is 0 Å². The molecule has 1 atom stereocenters. The number of carbonyl (C=O) groups excluding carboxylic acids is 2. The lowest BCUT2D eigenvalue weighted by Gasteiger charge is -2.11. The summed E-state index contributed by atoms with van der Waals surface area (Å²) in [6.45, 7) is 6.41. The fourth-order valence-electron chi connectivity index (χ4n) is 3.41. The van der Waals surface area contributed by atoms with E-state index in [0.29, 0.717) is 53.5 Å². The molecule has 4 rings (SSSR count). The van der Waals surface area contributed by atoms with Crippen LogP contribution in [0.2, 0.25) is 0 Å². The molecule has 12 heteroatoms. The second-order valence-corrected chi connectivity index (χ2v) is 8.05. The Balaban J connectivity index is 1.36. The maximum atomic E-state index is 12.9. The number of aromatic nitrogens is 8. The van der Waals surface area contributed by atoms with Crippen molar-refractivity contribution in [2.75, 3.05) is 23.7 Å². The number of carbonyl (C=O) groups is 2. The van der Waals surface area contributed by atoms with Gasteiger partial charge in [0.2, 0.25) is 12.1 Å². The topological polar surface area (TPSA) is 158 Å². The number of imidazole rings is 2. The zero-order chi connectivity index (χ0) is 24.1. The van der Waals surface area contributed by atoms with Crippen molar-refractivity contribution >= 4 is 45.5 Å². The lowest BCUT2D eigenvalue weighted by Crippen LogP contribution is -2.41. The van der Waals surface area contributed by atoms with Crippen molar-refractivity contribution < 1.29 is 14.2 Å². The smallest absolute Gasteiger partial charge is 0.293 e. The Kier molecular flexibility index (Phi) is 6.85. The molecule has 0 radical (unpaired) electrons. The molecular formula is C22H27N10O2+. The number of allylic oxidation sites excluding steroid dienone is 1. The van der Waals surface area contributed by atoms with Crippen LogP contribution < -0.4 is 15.2 Å². The van der Waals surface area contributed by atoms with E-state index in [-0.39, 0.29) is 24.0 Å². The lowest BCUT2D eigenvalue weighted by molar-refractivity contribution is -0.663. The quantitative estimate of drug-likeness (QED) is 0.191. The Morgan fingerprint density at radius 1 is 1.03 bits per heavy atom. The largest absolute Gasteiger partial charge is 0.368 e. The van der Waals surface area contributed by atoms with Gasteiger partial charge in [0.15, 0.2) is 34.9 Å². The van der Waals surface area contributed by atoms with Crippen LogP contribution >= 0.6 is 0 Å². The van der Waals surface area contributed by atoms with Crippen molar-refractivity contribution in [1.82, 2.24) is 34.9 Å². The lowest BCUT2D eigenvalue weighted by atomic mass is 10.0. The first-order valence-electron chi connectivity index (χ1n) is 11.0. The molecule has 0 bridgehead atoms. The number of H-pyrrole nitrogens is 2. The normalized spacial score (nSPS) is 12.7. The molecule has 0 amide bonds. The first-order valence-corrected chi connectivity index (χ1v) is 11.0. The monoisotopic (exact) mass is 463 g/mol. The molecule has 0 fully saturated rings. The minimum absolute atomic E-state index is 0.0295. The highest BCUT2D eigenvalue weighted by Crippen LogP contribution is 2.16. The summed E-state index contributed by atoms with van der Waals surface area (Å²) >= 11 is 0. The third kappa shape index (κ3) is 5.05. The number of anilines is 2. The predicted molar refractivity (Wildman–Crippen MR) is 126 cm³/mol. The second-order valence-electron chi connectivity index (χ2n) is 8.05. The van der Waals surface area contributed by atoms with E-state index in [4.69, 9.17) is 0 Å². The number of hydrogen-bond donors (Lipinski definition) is 4. The van der Waals surface area contributed by atoms with E-state index in [1.165, 1.54) is 13.3 Å². The Morgan fingerprint density at radius 3 is 2.62 bits per heavy atom. The van der Waals surface area contributed by atoms with Gasteiger partial charge in [0.1, 0.15) is 18.4 Å². The van der Waals surface area contributed by atoms with E-state index in [1.807, 2.05) is 13.0 Å². The third-order valence-corrected chi connectivity index (χ3v) is 5.66. The Morgan fingerprint density at radius 2 is 1.79 bits per heavy atom. The van der Waals surface area contributed by atoms with Crippen molar-refractivity contribution in [1.29, 1.82) is 0 Å². The number of nitrogens with zero attached hydrogens (tertiary/aromatic N) is 6. The van der Waals surface area contributed by atoms with Crippen LogP contribution in [0.25, 0.3) is 22.3 Å². The predicted octanol–water partition coefficient (Wildman–Crippen LogP) is 1.57. The molecule has 4 aromatic rings. The highest BCUT2D eigenvalue weighted by atomic mass is 16.1. The van der Waals surface area contributed by atoms with Crippen molar-refractivity contribution in [3.63, 3.8) is 0 Å². The summed E-state index contributed by atoms with van der Waals surface area (Å²) in [6.07, 6.45) is 8.65. The molecule has 0 aliphatic carbocycles. The minimum Gasteiger partial charge on any atom is -0.368 e. The van der Waals surface area contributed by atoms with Crippen LogP contribution in [0, 0.1) is 5.92 Å². The van der Waals surface area contributed by atoms with Crippen molar-refractivity contribution in [2.24, 2.45) is 5.92 Å². The highest BCUT2D eigenvalue weighted by Gasteiger charge is 2.21. The number of aromatic amines is 2. The van der Waals surface area contributed by atoms with Crippen LogP contribution in [0.5, 0.6) is 0 Å². The number of fused-ring (bicyclic) bond motifs is 2. The molecule has 0 aliphatic rings. The fourth-order valence-corrected chi connectivity index (χ4v) is 3.41. The van der Waals surface area contributed by atoms with E-state index in [0.717, 1.165) is 5.52 Å². The molecular weight excluding hydrogens is 436 g/mol. The summed E-state index contributed by atoms with van der Waals surface area (Å²) in [4.78, 5) is 51.6. The van der Waals surface area contributed by atoms with Gasteiger partial charge in [-0.3, -0.25) is 9.59 Å². The summed E-state index contributed by atoms with van der Waals surface area (Å²) < 4.78 is 1.73. The molecule has 34 heavy (non-hydrogen) atoms. The highest BCUT2D eigenvalue weighted by molar-refractivity contribution is 5.92. The maximum absolute atomic E-state index is 12.9. The van der Waals surface area contributed by atoms with E-state index in [1.54, 1.807) is 30.5 Å². The number of nitrogens with one attached hydrogen (secondary N) is 4. The number of hydrogen-bond acceptors (Lipinski definition) is 9.